The van der Waals surface area contributed by atoms with Crippen LogP contribution in [0, 0.1) is 6.08 Å². The van der Waals surface area contributed by atoms with Gasteiger partial charge in [0.25, 0.3) is 0 Å². The first kappa shape index (κ1) is 15.0. The molecule has 0 aromatic heterocycles. The molecule has 0 aliphatic rings. The van der Waals surface area contributed by atoms with E-state index in [0.717, 1.165) is 0 Å². The Hall–Kier alpha value is -0.960. The molecule has 0 aliphatic heterocycles. The van der Waals surface area contributed by atoms with Gasteiger partial charge in [-0.1, -0.05) is 0 Å². The third-order valence-electron chi connectivity index (χ3n) is 1.22. The maximum atomic E-state index is 12.4. The Labute approximate surface area is 81.5 Å². The average molecular weight is 263 g/mol. The zero-order valence-corrected chi connectivity index (χ0v) is 6.86. The third kappa shape index (κ3) is 3.27. The van der Waals surface area contributed by atoms with Crippen molar-refractivity contribution in [1.29, 1.82) is 0 Å². The molecule has 0 aromatic rings. The SMILES string of the molecule is FC(F)(F)C=[C]C(F)(C(F)(F)F)C(F)(F)F. The zero-order chi connectivity index (χ0) is 13.4. The molecule has 0 fully saturated rings. The van der Waals surface area contributed by atoms with Gasteiger partial charge in [-0.15, -0.1) is 0 Å². The fourth-order valence-electron chi connectivity index (χ4n) is 0.506. The van der Waals surface area contributed by atoms with Crippen molar-refractivity contribution < 1.29 is 43.9 Å². The van der Waals surface area contributed by atoms with Gasteiger partial charge < -0.3 is 0 Å². The van der Waals surface area contributed by atoms with Gasteiger partial charge in [0.15, 0.2) is 0 Å². The second-order valence-corrected chi connectivity index (χ2v) is 2.48. The molecule has 0 nitrogen and oxygen atoms in total. The lowest BCUT2D eigenvalue weighted by Gasteiger charge is -2.26. The zero-order valence-electron chi connectivity index (χ0n) is 6.86. The van der Waals surface area contributed by atoms with E-state index in [1.165, 1.54) is 0 Å². The fourth-order valence-corrected chi connectivity index (χ4v) is 0.506. The molecular formula is C6HF10. The summed E-state index contributed by atoms with van der Waals surface area (Å²) in [7, 11) is 0. The molecule has 16 heavy (non-hydrogen) atoms. The highest BCUT2D eigenvalue weighted by molar-refractivity contribution is 5.06. The maximum Gasteiger partial charge on any atom is 0.435 e. The van der Waals surface area contributed by atoms with Crippen LogP contribution in [0.25, 0.3) is 0 Å². The summed E-state index contributed by atoms with van der Waals surface area (Å²) in [6.07, 6.45) is -20.6. The first-order chi connectivity index (χ1) is 6.71. The van der Waals surface area contributed by atoms with Gasteiger partial charge in [-0.05, 0) is 0 Å². The first-order valence-electron chi connectivity index (χ1n) is 3.22. The van der Waals surface area contributed by atoms with Crippen molar-refractivity contribution in [3.05, 3.63) is 12.2 Å². The smallest absolute Gasteiger partial charge is 0.218 e. The Balaban J connectivity index is 5.39. The Morgan fingerprint density at radius 3 is 1.12 bits per heavy atom. The van der Waals surface area contributed by atoms with Crippen LogP contribution >= 0.6 is 0 Å². The molecule has 0 N–H and O–H groups in total. The molecule has 0 unspecified atom stereocenters. The molecule has 0 heterocycles. The summed E-state index contributed by atoms with van der Waals surface area (Å²) in [4.78, 5) is 0. The van der Waals surface area contributed by atoms with E-state index in [1.54, 1.807) is 0 Å². The normalized spacial score (nSPS) is 15.9. The number of halogens is 10. The molecule has 1 radical (unpaired) electrons. The monoisotopic (exact) mass is 263 g/mol. The highest BCUT2D eigenvalue weighted by Crippen LogP contribution is 2.47. The summed E-state index contributed by atoms with van der Waals surface area (Å²) in [5, 5.41) is 0. The lowest BCUT2D eigenvalue weighted by Crippen LogP contribution is -2.52. The quantitative estimate of drug-likeness (QED) is 0.632. The minimum Gasteiger partial charge on any atom is -0.218 e. The van der Waals surface area contributed by atoms with Crippen molar-refractivity contribution >= 4 is 0 Å². The molecule has 0 rings (SSSR count). The minimum atomic E-state index is -6.58. The van der Waals surface area contributed by atoms with Crippen molar-refractivity contribution in [2.24, 2.45) is 0 Å². The van der Waals surface area contributed by atoms with Gasteiger partial charge in [0.2, 0.25) is 0 Å². The molecule has 0 saturated carbocycles. The molecule has 0 aliphatic carbocycles. The van der Waals surface area contributed by atoms with E-state index in [2.05, 4.69) is 0 Å². The van der Waals surface area contributed by atoms with Gasteiger partial charge in [0.1, 0.15) is 0 Å². The molecular weight excluding hydrogens is 262 g/mol. The molecule has 0 saturated heterocycles. The molecule has 10 heteroatoms. The van der Waals surface area contributed by atoms with Crippen LogP contribution in [0.1, 0.15) is 0 Å². The van der Waals surface area contributed by atoms with Gasteiger partial charge in [-0.2, -0.15) is 39.5 Å². The number of rotatable bonds is 1. The average Bonchev–Trinajstić information content (AvgIpc) is 1.93. The predicted molar refractivity (Wildman–Crippen MR) is 29.8 cm³/mol. The minimum absolute atomic E-state index is 0.351. The van der Waals surface area contributed by atoms with Crippen molar-refractivity contribution in [3.8, 4) is 0 Å². The Morgan fingerprint density at radius 1 is 0.625 bits per heavy atom. The standard InChI is InChI=1S/C6HF10/c7-3(5(11,12)13,6(14,15)16)1-2-4(8,9)10/h2H. The maximum absolute atomic E-state index is 12.4. The van der Waals surface area contributed by atoms with Crippen molar-refractivity contribution in [2.45, 2.75) is 24.2 Å². The summed E-state index contributed by atoms with van der Waals surface area (Å²) in [5.74, 6) is 0. The fraction of sp³-hybridized carbons (Fsp3) is 0.667. The van der Waals surface area contributed by atoms with Crippen LogP contribution < -0.4 is 0 Å². The van der Waals surface area contributed by atoms with Crippen LogP contribution in [0.2, 0.25) is 0 Å². The molecule has 0 atom stereocenters. The van der Waals surface area contributed by atoms with Crippen molar-refractivity contribution in [3.63, 3.8) is 0 Å². The second-order valence-electron chi connectivity index (χ2n) is 2.48. The highest BCUT2D eigenvalue weighted by Gasteiger charge is 2.71. The van der Waals surface area contributed by atoms with Gasteiger partial charge in [-0.3, -0.25) is 0 Å². The predicted octanol–water partition coefficient (Wildman–Crippen LogP) is 3.74. The van der Waals surface area contributed by atoms with E-state index in [0.29, 0.717) is 0 Å². The van der Waals surface area contributed by atoms with E-state index < -0.39 is 30.3 Å². The number of hydrogen-bond donors (Lipinski definition) is 0. The molecule has 0 bridgehead atoms. The molecule has 0 amide bonds. The van der Waals surface area contributed by atoms with Crippen LogP contribution in [0.3, 0.4) is 0 Å². The van der Waals surface area contributed by atoms with E-state index in [9.17, 15) is 43.9 Å². The summed E-state index contributed by atoms with van der Waals surface area (Å²) in [6, 6.07) is 0. The topological polar surface area (TPSA) is 0 Å². The van der Waals surface area contributed by atoms with Gasteiger partial charge in [0, 0.05) is 12.2 Å². The number of allylic oxidation sites excluding steroid dienone is 2. The van der Waals surface area contributed by atoms with Crippen LogP contribution in [-0.4, -0.2) is 24.2 Å². The lowest BCUT2D eigenvalue weighted by molar-refractivity contribution is -0.325. The third-order valence-corrected chi connectivity index (χ3v) is 1.22. The number of hydrogen-bond acceptors (Lipinski definition) is 0. The Kier molecular flexibility index (Phi) is 3.58. The summed E-state index contributed by atoms with van der Waals surface area (Å²) in [5.41, 5.74) is -6.14. The molecule has 95 valence electrons. The van der Waals surface area contributed by atoms with Crippen LogP contribution in [-0.2, 0) is 0 Å². The van der Waals surface area contributed by atoms with Crippen LogP contribution in [0.15, 0.2) is 6.08 Å². The van der Waals surface area contributed by atoms with Gasteiger partial charge in [0.05, 0.1) is 0 Å². The first-order valence-corrected chi connectivity index (χ1v) is 3.22. The number of alkyl halides is 10. The lowest BCUT2D eigenvalue weighted by atomic mass is 10.0. The summed E-state index contributed by atoms with van der Waals surface area (Å²) < 4.78 is 116. The van der Waals surface area contributed by atoms with E-state index in [4.69, 9.17) is 0 Å². The van der Waals surface area contributed by atoms with E-state index in [-0.39, 0.29) is 6.08 Å². The van der Waals surface area contributed by atoms with Crippen molar-refractivity contribution in [2.75, 3.05) is 0 Å². The van der Waals surface area contributed by atoms with Crippen LogP contribution in [0.4, 0.5) is 43.9 Å². The second kappa shape index (κ2) is 3.81. The van der Waals surface area contributed by atoms with E-state index in [1.807, 2.05) is 0 Å². The summed E-state index contributed by atoms with van der Waals surface area (Å²) in [6.45, 7) is 0. The van der Waals surface area contributed by atoms with Crippen LogP contribution in [0.5, 0.6) is 0 Å². The summed E-state index contributed by atoms with van der Waals surface area (Å²) >= 11 is 0. The van der Waals surface area contributed by atoms with Crippen molar-refractivity contribution in [1.82, 2.24) is 0 Å². The Bertz CT molecular complexity index is 249. The van der Waals surface area contributed by atoms with E-state index >= 15 is 0 Å². The van der Waals surface area contributed by atoms with Gasteiger partial charge >= 0.3 is 24.2 Å². The largest absolute Gasteiger partial charge is 0.435 e. The highest BCUT2D eigenvalue weighted by atomic mass is 19.4. The molecule has 0 spiro atoms. The Morgan fingerprint density at radius 2 is 0.938 bits per heavy atom. The molecule has 0 aromatic carbocycles. The van der Waals surface area contributed by atoms with Gasteiger partial charge in [-0.25, -0.2) is 4.39 Å².